The summed E-state index contributed by atoms with van der Waals surface area (Å²) in [6.07, 6.45) is -3.71. The van der Waals surface area contributed by atoms with Gasteiger partial charge in [0.1, 0.15) is 23.2 Å². The lowest BCUT2D eigenvalue weighted by atomic mass is 10.00. The van der Waals surface area contributed by atoms with Crippen LogP contribution >= 0.6 is 0 Å². The van der Waals surface area contributed by atoms with Gasteiger partial charge in [-0.3, -0.25) is 4.90 Å². The molecule has 1 atom stereocenters. The summed E-state index contributed by atoms with van der Waals surface area (Å²) in [6.45, 7) is 1.38. The Hall–Kier alpha value is -3.09. The van der Waals surface area contributed by atoms with Gasteiger partial charge in [0.25, 0.3) is 0 Å². The molecule has 0 saturated carbocycles. The first-order chi connectivity index (χ1) is 18.7. The van der Waals surface area contributed by atoms with Crippen LogP contribution in [0.25, 0.3) is 0 Å². The van der Waals surface area contributed by atoms with Crippen LogP contribution in [0, 0.1) is 17.5 Å². The molecule has 0 fully saturated rings. The predicted molar refractivity (Wildman–Crippen MR) is 137 cm³/mol. The molecule has 3 rings (SSSR count). The van der Waals surface area contributed by atoms with Crippen LogP contribution in [-0.4, -0.2) is 44.4 Å². The van der Waals surface area contributed by atoms with Gasteiger partial charge in [0.15, 0.2) is 9.84 Å². The predicted octanol–water partition coefficient (Wildman–Crippen LogP) is 6.09. The molecule has 0 bridgehead atoms. The number of ether oxygens (including phenoxy) is 1. The van der Waals surface area contributed by atoms with Crippen molar-refractivity contribution < 1.29 is 44.6 Å². The van der Waals surface area contributed by atoms with E-state index in [2.05, 4.69) is 0 Å². The third-order valence-corrected chi connectivity index (χ3v) is 7.49. The minimum Gasteiger partial charge on any atom is -0.493 e. The zero-order valence-electron chi connectivity index (χ0n) is 21.8. The molecule has 0 aromatic heterocycles. The molecule has 218 valence electrons. The van der Waals surface area contributed by atoms with Gasteiger partial charge in [-0.15, -0.1) is 0 Å². The number of sulfone groups is 1. The first-order valence-electron chi connectivity index (χ1n) is 12.3. The van der Waals surface area contributed by atoms with Crippen molar-refractivity contribution in [2.75, 3.05) is 26.0 Å². The molecule has 3 aromatic rings. The Bertz CT molecular complexity index is 1410. The van der Waals surface area contributed by atoms with Crippen LogP contribution in [0.3, 0.4) is 0 Å². The maximum atomic E-state index is 14.8. The van der Waals surface area contributed by atoms with Crippen LogP contribution in [0.2, 0.25) is 0 Å². The topological polar surface area (TPSA) is 66.8 Å². The molecular weight excluding hydrogens is 560 g/mol. The summed E-state index contributed by atoms with van der Waals surface area (Å²) < 4.78 is 112. The molecule has 0 aliphatic rings. The summed E-state index contributed by atoms with van der Waals surface area (Å²) in [4.78, 5) is 1.33. The number of aliphatic hydroxyl groups excluding tert-OH is 1. The van der Waals surface area contributed by atoms with Gasteiger partial charge in [-0.05, 0) is 42.2 Å². The van der Waals surface area contributed by atoms with Crippen molar-refractivity contribution in [1.29, 1.82) is 0 Å². The maximum absolute atomic E-state index is 14.8. The highest BCUT2D eigenvalue weighted by Crippen LogP contribution is 2.33. The Morgan fingerprint density at radius 2 is 1.70 bits per heavy atom. The van der Waals surface area contributed by atoms with E-state index in [4.69, 9.17) is 4.74 Å². The van der Waals surface area contributed by atoms with E-state index in [1.54, 1.807) is 17.0 Å². The van der Waals surface area contributed by atoms with Crippen molar-refractivity contribution in [3.63, 3.8) is 0 Å². The molecular formula is C28H29F6NO4S. The van der Waals surface area contributed by atoms with Crippen molar-refractivity contribution >= 4 is 9.84 Å². The highest BCUT2D eigenvalue weighted by molar-refractivity contribution is 7.90. The van der Waals surface area contributed by atoms with Gasteiger partial charge in [0.2, 0.25) is 0 Å². The first-order valence-corrected chi connectivity index (χ1v) is 14.2. The van der Waals surface area contributed by atoms with Crippen molar-refractivity contribution in [2.45, 2.75) is 43.5 Å². The van der Waals surface area contributed by atoms with Crippen LogP contribution in [0.15, 0.2) is 59.5 Å². The largest absolute Gasteiger partial charge is 0.493 e. The molecule has 1 unspecified atom stereocenters. The van der Waals surface area contributed by atoms with Crippen molar-refractivity contribution in [2.24, 2.45) is 0 Å². The van der Waals surface area contributed by atoms with E-state index in [0.717, 1.165) is 30.0 Å². The smallest absolute Gasteiger partial charge is 0.419 e. The summed E-state index contributed by atoms with van der Waals surface area (Å²) >= 11 is 0. The lowest BCUT2D eigenvalue weighted by Crippen LogP contribution is -2.30. The van der Waals surface area contributed by atoms with E-state index in [-0.39, 0.29) is 48.9 Å². The number of alkyl halides is 3. The maximum Gasteiger partial charge on any atom is 0.419 e. The number of hydrogen-bond donors (Lipinski definition) is 1. The van der Waals surface area contributed by atoms with Crippen molar-refractivity contribution in [3.8, 4) is 5.75 Å². The summed E-state index contributed by atoms with van der Waals surface area (Å²) in [5.74, 6) is -3.00. The van der Waals surface area contributed by atoms with Gasteiger partial charge >= 0.3 is 6.18 Å². The number of rotatable bonds is 12. The van der Waals surface area contributed by atoms with E-state index < -0.39 is 50.5 Å². The van der Waals surface area contributed by atoms with Crippen LogP contribution < -0.4 is 4.74 Å². The molecule has 0 heterocycles. The van der Waals surface area contributed by atoms with Gasteiger partial charge in [-0.25, -0.2) is 21.6 Å². The molecule has 0 aliphatic heterocycles. The Labute approximate surface area is 228 Å². The van der Waals surface area contributed by atoms with Gasteiger partial charge < -0.3 is 9.84 Å². The third-order valence-electron chi connectivity index (χ3n) is 6.32. The minimum absolute atomic E-state index is 0.0202. The van der Waals surface area contributed by atoms with Crippen LogP contribution in [0.5, 0.6) is 5.75 Å². The number of hydrogen-bond acceptors (Lipinski definition) is 5. The second kappa shape index (κ2) is 13.0. The fourth-order valence-electron chi connectivity index (χ4n) is 4.31. The lowest BCUT2D eigenvalue weighted by Gasteiger charge is -2.27. The van der Waals surface area contributed by atoms with E-state index in [1.165, 1.54) is 18.2 Å². The van der Waals surface area contributed by atoms with Crippen LogP contribution in [0.4, 0.5) is 26.3 Å². The summed E-state index contributed by atoms with van der Waals surface area (Å²) in [7, 11) is -3.86. The van der Waals surface area contributed by atoms with Gasteiger partial charge in [0, 0.05) is 43.1 Å². The Morgan fingerprint density at radius 1 is 1.02 bits per heavy atom. The summed E-state index contributed by atoms with van der Waals surface area (Å²) in [6, 6.07) is 10.9. The number of benzene rings is 3. The molecule has 5 nitrogen and oxygen atoms in total. The zero-order valence-corrected chi connectivity index (χ0v) is 22.6. The van der Waals surface area contributed by atoms with Crippen LogP contribution in [0.1, 0.15) is 41.5 Å². The van der Waals surface area contributed by atoms with E-state index in [1.807, 2.05) is 6.92 Å². The third kappa shape index (κ3) is 8.21. The second-order valence-electron chi connectivity index (χ2n) is 9.48. The van der Waals surface area contributed by atoms with E-state index in [9.17, 15) is 39.9 Å². The normalized spacial score (nSPS) is 13.1. The monoisotopic (exact) mass is 589 g/mol. The van der Waals surface area contributed by atoms with E-state index in [0.29, 0.717) is 12.6 Å². The quantitative estimate of drug-likeness (QED) is 0.205. The lowest BCUT2D eigenvalue weighted by molar-refractivity contribution is -0.140. The van der Waals surface area contributed by atoms with Crippen LogP contribution in [-0.2, 0) is 29.2 Å². The second-order valence-corrected chi connectivity index (χ2v) is 11.5. The molecule has 3 aromatic carbocycles. The molecule has 40 heavy (non-hydrogen) atoms. The molecule has 1 N–H and O–H groups in total. The molecule has 0 amide bonds. The minimum atomic E-state index is -4.86. The average Bonchev–Trinajstić information content (AvgIpc) is 2.86. The number of aliphatic hydroxyl groups is 1. The SMILES string of the molecule is CC(CN(CCCOc1cc(F)c(CO)c(S(C)(=O)=O)c1)Cc1cccc(C(F)(F)F)c1F)c1ccc(F)cc1. The zero-order chi connectivity index (χ0) is 29.7. The standard InChI is InChI=1S/C28H29F6NO4S/c1-18(19-7-9-21(29)10-8-19)15-35(16-20-5-3-6-24(27(20)31)28(32,33)34)11-4-12-39-22-13-25(30)23(17-36)26(14-22)40(2,37)38/h3,5-10,13-14,18,36H,4,11-12,15-17H2,1-2H3. The first kappa shape index (κ1) is 31.4. The highest BCUT2D eigenvalue weighted by Gasteiger charge is 2.35. The van der Waals surface area contributed by atoms with Crippen molar-refractivity contribution in [1.82, 2.24) is 4.90 Å². The molecule has 0 saturated heterocycles. The Balaban J connectivity index is 1.76. The Kier molecular flexibility index (Phi) is 10.3. The van der Waals surface area contributed by atoms with Gasteiger partial charge in [0.05, 0.1) is 23.7 Å². The fourth-order valence-corrected chi connectivity index (χ4v) is 5.25. The van der Waals surface area contributed by atoms with E-state index >= 15 is 0 Å². The molecule has 0 radical (unpaired) electrons. The summed E-state index contributed by atoms with van der Waals surface area (Å²) in [5.41, 5.74) is -1.12. The molecule has 0 aliphatic carbocycles. The number of nitrogens with zero attached hydrogens (tertiary/aromatic N) is 1. The fraction of sp³-hybridized carbons (Fsp3) is 0.357. The highest BCUT2D eigenvalue weighted by atomic mass is 32.2. The summed E-state index contributed by atoms with van der Waals surface area (Å²) in [5, 5.41) is 9.34. The number of halogens is 6. The Morgan fingerprint density at radius 3 is 2.30 bits per heavy atom. The average molecular weight is 590 g/mol. The van der Waals surface area contributed by atoms with Gasteiger partial charge in [-0.1, -0.05) is 31.2 Å². The molecule has 12 heteroatoms. The molecule has 0 spiro atoms. The van der Waals surface area contributed by atoms with Crippen molar-refractivity contribution in [3.05, 3.63) is 94.3 Å². The van der Waals surface area contributed by atoms with Gasteiger partial charge in [-0.2, -0.15) is 13.2 Å².